The summed E-state index contributed by atoms with van der Waals surface area (Å²) in [5, 5.41) is 0.775. The van der Waals surface area contributed by atoms with Gasteiger partial charge < -0.3 is 4.74 Å². The average molecular weight is 310 g/mol. The van der Waals surface area contributed by atoms with Gasteiger partial charge in [0.2, 0.25) is 0 Å². The van der Waals surface area contributed by atoms with E-state index in [2.05, 4.69) is 32.6 Å². The van der Waals surface area contributed by atoms with Gasteiger partial charge in [-0.1, -0.05) is 39.3 Å². The Morgan fingerprint density at radius 3 is 2.52 bits per heavy atom. The Bertz CT molecular complexity index is 459. The molecule has 1 aromatic rings. The van der Waals surface area contributed by atoms with Gasteiger partial charge in [-0.2, -0.15) is 0 Å². The Kier molecular flexibility index (Phi) is 5.56. The second-order valence-electron chi connectivity index (χ2n) is 7.26. The highest BCUT2D eigenvalue weighted by Crippen LogP contribution is 2.33. The average Bonchev–Trinajstić information content (AvgIpc) is 2.41. The Morgan fingerprint density at radius 1 is 1.24 bits per heavy atom. The number of piperidine rings is 1. The predicted octanol–water partition coefficient (Wildman–Crippen LogP) is 4.75. The molecule has 1 saturated heterocycles. The van der Waals surface area contributed by atoms with Crippen molar-refractivity contribution in [1.82, 2.24) is 4.90 Å². The number of rotatable bonds is 4. The molecule has 118 valence electrons. The zero-order valence-corrected chi connectivity index (χ0v) is 14.5. The lowest BCUT2D eigenvalue weighted by Gasteiger charge is -2.30. The van der Waals surface area contributed by atoms with Gasteiger partial charge in [-0.3, -0.25) is 4.90 Å². The topological polar surface area (TPSA) is 12.5 Å². The highest BCUT2D eigenvalue weighted by molar-refractivity contribution is 6.30. The molecular formula is C18H28ClNO. The smallest absolute Gasteiger partial charge is 0.123 e. The minimum atomic E-state index is 0.0425. The molecule has 0 aliphatic carbocycles. The van der Waals surface area contributed by atoms with Crippen molar-refractivity contribution in [3.05, 3.63) is 28.8 Å². The molecule has 1 heterocycles. The molecule has 2 nitrogen and oxygen atoms in total. The van der Waals surface area contributed by atoms with E-state index in [1.165, 1.54) is 31.5 Å². The third-order valence-corrected chi connectivity index (χ3v) is 4.53. The summed E-state index contributed by atoms with van der Waals surface area (Å²) in [5.74, 6) is 1.85. The fraction of sp³-hybridized carbons (Fsp3) is 0.667. The van der Waals surface area contributed by atoms with Gasteiger partial charge in [0.25, 0.3) is 0 Å². The summed E-state index contributed by atoms with van der Waals surface area (Å²) >= 11 is 6.13. The molecule has 0 atom stereocenters. The van der Waals surface area contributed by atoms with Gasteiger partial charge >= 0.3 is 0 Å². The van der Waals surface area contributed by atoms with E-state index in [-0.39, 0.29) is 5.41 Å². The van der Waals surface area contributed by atoms with Crippen LogP contribution in [0.5, 0.6) is 5.75 Å². The summed E-state index contributed by atoms with van der Waals surface area (Å²) in [7, 11) is 0. The van der Waals surface area contributed by atoms with Gasteiger partial charge in [0, 0.05) is 17.1 Å². The molecule has 1 fully saturated rings. The number of ether oxygens (including phenoxy) is 1. The van der Waals surface area contributed by atoms with Crippen molar-refractivity contribution in [3.63, 3.8) is 0 Å². The van der Waals surface area contributed by atoms with E-state index in [9.17, 15) is 0 Å². The second kappa shape index (κ2) is 7.02. The maximum atomic E-state index is 6.13. The van der Waals surface area contributed by atoms with Gasteiger partial charge in [-0.05, 0) is 55.5 Å². The monoisotopic (exact) mass is 309 g/mol. The Hall–Kier alpha value is -0.730. The lowest BCUT2D eigenvalue weighted by atomic mass is 9.86. The Balaban J connectivity index is 1.91. The first-order valence-corrected chi connectivity index (χ1v) is 8.39. The summed E-state index contributed by atoms with van der Waals surface area (Å²) in [5.41, 5.74) is 1.23. The van der Waals surface area contributed by atoms with Gasteiger partial charge in [0.05, 0.1) is 0 Å². The van der Waals surface area contributed by atoms with Crippen molar-refractivity contribution in [2.75, 3.05) is 26.2 Å². The molecule has 0 amide bonds. The van der Waals surface area contributed by atoms with Crippen molar-refractivity contribution in [2.45, 2.75) is 46.0 Å². The van der Waals surface area contributed by atoms with Crippen molar-refractivity contribution in [1.29, 1.82) is 0 Å². The number of likely N-dealkylation sites (tertiary alicyclic amines) is 1. The molecule has 1 aromatic carbocycles. The largest absolute Gasteiger partial charge is 0.492 e. The van der Waals surface area contributed by atoms with Crippen molar-refractivity contribution >= 4 is 11.6 Å². The minimum Gasteiger partial charge on any atom is -0.492 e. The van der Waals surface area contributed by atoms with E-state index in [0.717, 1.165) is 29.8 Å². The predicted molar refractivity (Wildman–Crippen MR) is 90.5 cm³/mol. The van der Waals surface area contributed by atoms with Crippen LogP contribution in [0.25, 0.3) is 0 Å². The summed E-state index contributed by atoms with van der Waals surface area (Å²) in [6, 6.07) is 5.94. The van der Waals surface area contributed by atoms with E-state index in [1.807, 2.05) is 18.2 Å². The minimum absolute atomic E-state index is 0.0425. The number of halogens is 1. The summed E-state index contributed by atoms with van der Waals surface area (Å²) < 4.78 is 6.05. The SMILES string of the molecule is CC1CCN(CCOc2ccc(Cl)cc2C(C)(C)C)CC1. The molecule has 0 radical (unpaired) electrons. The lowest BCUT2D eigenvalue weighted by molar-refractivity contribution is 0.159. The van der Waals surface area contributed by atoms with Crippen LogP contribution in [0.1, 0.15) is 46.1 Å². The molecule has 0 unspecified atom stereocenters. The molecule has 0 N–H and O–H groups in total. The Morgan fingerprint density at radius 2 is 1.90 bits per heavy atom. The summed E-state index contributed by atoms with van der Waals surface area (Å²) in [4.78, 5) is 2.51. The molecule has 0 spiro atoms. The van der Waals surface area contributed by atoms with Crippen LogP contribution < -0.4 is 4.74 Å². The normalized spacial score (nSPS) is 18.0. The molecule has 1 aliphatic rings. The fourth-order valence-electron chi connectivity index (χ4n) is 2.78. The van der Waals surface area contributed by atoms with Crippen molar-refractivity contribution in [2.24, 2.45) is 5.92 Å². The van der Waals surface area contributed by atoms with Gasteiger partial charge in [0.15, 0.2) is 0 Å². The molecule has 2 rings (SSSR count). The van der Waals surface area contributed by atoms with Crippen LogP contribution >= 0.6 is 11.6 Å². The first kappa shape index (κ1) is 16.6. The van der Waals surface area contributed by atoms with Gasteiger partial charge in [-0.25, -0.2) is 0 Å². The second-order valence-corrected chi connectivity index (χ2v) is 7.70. The maximum Gasteiger partial charge on any atom is 0.123 e. The first-order valence-electron chi connectivity index (χ1n) is 8.01. The molecule has 0 saturated carbocycles. The zero-order chi connectivity index (χ0) is 15.5. The van der Waals surface area contributed by atoms with Crippen LogP contribution in [0.3, 0.4) is 0 Å². The quantitative estimate of drug-likeness (QED) is 0.796. The van der Waals surface area contributed by atoms with Crippen LogP contribution in [-0.4, -0.2) is 31.1 Å². The molecule has 21 heavy (non-hydrogen) atoms. The highest BCUT2D eigenvalue weighted by Gasteiger charge is 2.20. The van der Waals surface area contributed by atoms with Crippen LogP contribution in [0, 0.1) is 5.92 Å². The van der Waals surface area contributed by atoms with Crippen LogP contribution in [0.15, 0.2) is 18.2 Å². The molecule has 0 bridgehead atoms. The summed E-state index contributed by atoms with van der Waals surface area (Å²) in [6.07, 6.45) is 2.63. The van der Waals surface area contributed by atoms with E-state index in [1.54, 1.807) is 0 Å². The van der Waals surface area contributed by atoms with Crippen molar-refractivity contribution < 1.29 is 4.74 Å². The van der Waals surface area contributed by atoms with Crippen LogP contribution in [0.4, 0.5) is 0 Å². The standard InChI is InChI=1S/C18H28ClNO/c1-14-7-9-20(10-8-14)11-12-21-17-6-5-15(19)13-16(17)18(2,3)4/h5-6,13-14H,7-12H2,1-4H3. The van der Waals surface area contributed by atoms with E-state index >= 15 is 0 Å². The highest BCUT2D eigenvalue weighted by atomic mass is 35.5. The number of nitrogens with zero attached hydrogens (tertiary/aromatic N) is 1. The molecule has 3 heteroatoms. The number of benzene rings is 1. The van der Waals surface area contributed by atoms with E-state index in [4.69, 9.17) is 16.3 Å². The van der Waals surface area contributed by atoms with Gasteiger partial charge in [0.1, 0.15) is 12.4 Å². The molecular weight excluding hydrogens is 282 g/mol. The van der Waals surface area contributed by atoms with Gasteiger partial charge in [-0.15, -0.1) is 0 Å². The van der Waals surface area contributed by atoms with Crippen molar-refractivity contribution in [3.8, 4) is 5.75 Å². The van der Waals surface area contributed by atoms with E-state index < -0.39 is 0 Å². The third-order valence-electron chi connectivity index (χ3n) is 4.29. The lowest BCUT2D eigenvalue weighted by Crippen LogP contribution is -2.35. The fourth-order valence-corrected chi connectivity index (χ4v) is 2.96. The van der Waals surface area contributed by atoms with Crippen LogP contribution in [-0.2, 0) is 5.41 Å². The van der Waals surface area contributed by atoms with Crippen LogP contribution in [0.2, 0.25) is 5.02 Å². The molecule has 0 aromatic heterocycles. The zero-order valence-electron chi connectivity index (χ0n) is 13.8. The third kappa shape index (κ3) is 4.89. The Labute approximate surface area is 134 Å². The molecule has 1 aliphatic heterocycles. The summed E-state index contributed by atoms with van der Waals surface area (Å²) in [6.45, 7) is 13.1. The van der Waals surface area contributed by atoms with E-state index in [0.29, 0.717) is 0 Å². The number of hydrogen-bond acceptors (Lipinski definition) is 2. The first-order chi connectivity index (χ1) is 9.86. The number of hydrogen-bond donors (Lipinski definition) is 0. The maximum absolute atomic E-state index is 6.13.